The fourth-order valence-electron chi connectivity index (χ4n) is 1.14. The molecule has 0 bridgehead atoms. The summed E-state index contributed by atoms with van der Waals surface area (Å²) in [6, 6.07) is 4.13. The van der Waals surface area contributed by atoms with Gasteiger partial charge in [-0.15, -0.1) is 11.6 Å². The van der Waals surface area contributed by atoms with Gasteiger partial charge in [0.2, 0.25) is 0 Å². The van der Waals surface area contributed by atoms with Crippen molar-refractivity contribution in [3.05, 3.63) is 34.1 Å². The van der Waals surface area contributed by atoms with E-state index in [0.29, 0.717) is 11.4 Å². The molecule has 0 fully saturated rings. The fraction of sp³-hybridized carbons (Fsp3) is 0.364. The highest BCUT2D eigenvalue weighted by Gasteiger charge is 2.17. The summed E-state index contributed by atoms with van der Waals surface area (Å²) in [5.41, 5.74) is 0.438. The van der Waals surface area contributed by atoms with Gasteiger partial charge in [-0.3, -0.25) is 4.79 Å². The Morgan fingerprint density at radius 3 is 2.75 bits per heavy atom. The van der Waals surface area contributed by atoms with Gasteiger partial charge >= 0.3 is 0 Å². The van der Waals surface area contributed by atoms with E-state index in [9.17, 15) is 9.18 Å². The van der Waals surface area contributed by atoms with Crippen LogP contribution >= 0.6 is 27.5 Å². The first-order chi connectivity index (χ1) is 7.47. The minimum atomic E-state index is -0.385. The smallest absolute Gasteiger partial charge is 0.253 e. The standard InChI is InChI=1S/C11H12BrClFNO/c1-7(6-13)15(2)11(16)8-3-4-10(14)9(12)5-8/h3-5,7H,6H2,1-2H3. The summed E-state index contributed by atoms with van der Waals surface area (Å²) in [7, 11) is 1.67. The predicted molar refractivity (Wildman–Crippen MR) is 66.4 cm³/mol. The SMILES string of the molecule is CC(CCl)N(C)C(=O)c1ccc(F)c(Br)c1. The molecular formula is C11H12BrClFNO. The monoisotopic (exact) mass is 307 g/mol. The van der Waals surface area contributed by atoms with Crippen molar-refractivity contribution in [1.29, 1.82) is 0 Å². The van der Waals surface area contributed by atoms with Gasteiger partial charge in [0.25, 0.3) is 5.91 Å². The van der Waals surface area contributed by atoms with E-state index in [4.69, 9.17) is 11.6 Å². The molecule has 1 amide bonds. The highest BCUT2D eigenvalue weighted by atomic mass is 79.9. The van der Waals surface area contributed by atoms with Gasteiger partial charge in [-0.25, -0.2) is 4.39 Å². The minimum Gasteiger partial charge on any atom is -0.338 e. The van der Waals surface area contributed by atoms with Crippen LogP contribution in [0.2, 0.25) is 0 Å². The highest BCUT2D eigenvalue weighted by Crippen LogP contribution is 2.18. The number of halogens is 3. The number of hydrogen-bond acceptors (Lipinski definition) is 1. The Kier molecular flexibility index (Phi) is 4.74. The fourth-order valence-corrected chi connectivity index (χ4v) is 1.72. The molecular weight excluding hydrogens is 296 g/mol. The number of carbonyl (C=O) groups excluding carboxylic acids is 1. The Balaban J connectivity index is 2.92. The second kappa shape index (κ2) is 5.64. The van der Waals surface area contributed by atoms with E-state index in [1.807, 2.05) is 6.92 Å². The zero-order valence-electron chi connectivity index (χ0n) is 9.01. The lowest BCUT2D eigenvalue weighted by Crippen LogP contribution is -2.36. The van der Waals surface area contributed by atoms with E-state index in [-0.39, 0.29) is 22.2 Å². The van der Waals surface area contributed by atoms with Gasteiger partial charge in [0.15, 0.2) is 0 Å². The van der Waals surface area contributed by atoms with Crippen molar-refractivity contribution >= 4 is 33.4 Å². The molecule has 0 aromatic heterocycles. The normalized spacial score (nSPS) is 12.3. The first-order valence-corrected chi connectivity index (χ1v) is 6.08. The summed E-state index contributed by atoms with van der Waals surface area (Å²) >= 11 is 8.72. The van der Waals surface area contributed by atoms with Crippen molar-refractivity contribution in [2.75, 3.05) is 12.9 Å². The zero-order valence-corrected chi connectivity index (χ0v) is 11.3. The summed E-state index contributed by atoms with van der Waals surface area (Å²) in [5.74, 6) is -0.191. The maximum atomic E-state index is 13.0. The number of benzene rings is 1. The topological polar surface area (TPSA) is 20.3 Å². The summed E-state index contributed by atoms with van der Waals surface area (Å²) in [5, 5.41) is 0. The van der Waals surface area contributed by atoms with Gasteiger partial charge in [0.1, 0.15) is 5.82 Å². The van der Waals surface area contributed by atoms with Crippen LogP contribution in [-0.2, 0) is 0 Å². The average Bonchev–Trinajstić information content (AvgIpc) is 2.29. The van der Waals surface area contributed by atoms with E-state index < -0.39 is 0 Å². The predicted octanol–water partition coefficient (Wildman–Crippen LogP) is 3.29. The van der Waals surface area contributed by atoms with Gasteiger partial charge in [0.05, 0.1) is 4.47 Å². The molecule has 1 aromatic rings. The number of carbonyl (C=O) groups is 1. The Hall–Kier alpha value is -0.610. The van der Waals surface area contributed by atoms with Crippen molar-refractivity contribution in [1.82, 2.24) is 4.90 Å². The number of nitrogens with zero attached hydrogens (tertiary/aromatic N) is 1. The molecule has 5 heteroatoms. The van der Waals surface area contributed by atoms with Crippen molar-refractivity contribution < 1.29 is 9.18 Å². The van der Waals surface area contributed by atoms with Crippen molar-refractivity contribution in [3.8, 4) is 0 Å². The van der Waals surface area contributed by atoms with Crippen LogP contribution in [0.25, 0.3) is 0 Å². The van der Waals surface area contributed by atoms with Crippen molar-refractivity contribution in [2.45, 2.75) is 13.0 Å². The third kappa shape index (κ3) is 2.95. The highest BCUT2D eigenvalue weighted by molar-refractivity contribution is 9.10. The van der Waals surface area contributed by atoms with Gasteiger partial charge in [-0.2, -0.15) is 0 Å². The molecule has 1 atom stereocenters. The molecule has 1 unspecified atom stereocenters. The van der Waals surface area contributed by atoms with Crippen LogP contribution < -0.4 is 0 Å². The maximum absolute atomic E-state index is 13.0. The molecule has 2 nitrogen and oxygen atoms in total. The van der Waals surface area contributed by atoms with Gasteiger partial charge in [0, 0.05) is 24.5 Å². The van der Waals surface area contributed by atoms with Crippen LogP contribution in [0.1, 0.15) is 17.3 Å². The van der Waals surface area contributed by atoms with Crippen LogP contribution in [0, 0.1) is 5.82 Å². The molecule has 0 heterocycles. The van der Waals surface area contributed by atoms with Crippen LogP contribution in [0.15, 0.2) is 22.7 Å². The Bertz CT molecular complexity index is 400. The third-order valence-electron chi connectivity index (χ3n) is 2.37. The van der Waals surface area contributed by atoms with E-state index in [0.717, 1.165) is 0 Å². The van der Waals surface area contributed by atoms with Crippen molar-refractivity contribution in [3.63, 3.8) is 0 Å². The first kappa shape index (κ1) is 13.5. The van der Waals surface area contributed by atoms with Crippen molar-refractivity contribution in [2.24, 2.45) is 0 Å². The number of amides is 1. The molecule has 1 rings (SSSR count). The maximum Gasteiger partial charge on any atom is 0.253 e. The van der Waals surface area contributed by atoms with Crippen LogP contribution in [0.3, 0.4) is 0 Å². The Morgan fingerprint density at radius 2 is 2.25 bits per heavy atom. The Labute approximate surface area is 108 Å². The lowest BCUT2D eigenvalue weighted by atomic mass is 10.2. The van der Waals surface area contributed by atoms with Crippen LogP contribution in [0.5, 0.6) is 0 Å². The molecule has 0 aliphatic heterocycles. The lowest BCUT2D eigenvalue weighted by Gasteiger charge is -2.23. The van der Waals surface area contributed by atoms with E-state index >= 15 is 0 Å². The molecule has 0 N–H and O–H groups in total. The first-order valence-electron chi connectivity index (χ1n) is 4.75. The summed E-state index contributed by atoms with van der Waals surface area (Å²) < 4.78 is 13.3. The molecule has 0 radical (unpaired) electrons. The van der Waals surface area contributed by atoms with E-state index in [1.165, 1.54) is 23.1 Å². The largest absolute Gasteiger partial charge is 0.338 e. The second-order valence-corrected chi connectivity index (χ2v) is 4.71. The van der Waals surface area contributed by atoms with Gasteiger partial charge in [-0.1, -0.05) is 0 Å². The number of hydrogen-bond donors (Lipinski definition) is 0. The second-order valence-electron chi connectivity index (χ2n) is 3.55. The van der Waals surface area contributed by atoms with Gasteiger partial charge < -0.3 is 4.90 Å². The van der Waals surface area contributed by atoms with E-state index in [2.05, 4.69) is 15.9 Å². The molecule has 0 saturated carbocycles. The quantitative estimate of drug-likeness (QED) is 0.785. The number of alkyl halides is 1. The molecule has 88 valence electrons. The molecule has 0 aliphatic carbocycles. The summed E-state index contributed by atoms with van der Waals surface area (Å²) in [6.45, 7) is 1.85. The molecule has 0 spiro atoms. The van der Waals surface area contributed by atoms with Crippen LogP contribution in [-0.4, -0.2) is 29.8 Å². The molecule has 16 heavy (non-hydrogen) atoms. The molecule has 0 aliphatic rings. The van der Waals surface area contributed by atoms with Gasteiger partial charge in [-0.05, 0) is 41.1 Å². The average molecular weight is 309 g/mol. The number of rotatable bonds is 3. The van der Waals surface area contributed by atoms with Crippen LogP contribution in [0.4, 0.5) is 4.39 Å². The minimum absolute atomic E-state index is 0.0574. The Morgan fingerprint density at radius 1 is 1.62 bits per heavy atom. The zero-order chi connectivity index (χ0) is 12.3. The lowest BCUT2D eigenvalue weighted by molar-refractivity contribution is 0.0756. The molecule has 0 saturated heterocycles. The summed E-state index contributed by atoms with van der Waals surface area (Å²) in [4.78, 5) is 13.5. The van der Waals surface area contributed by atoms with E-state index in [1.54, 1.807) is 7.05 Å². The third-order valence-corrected chi connectivity index (χ3v) is 3.43. The molecule has 1 aromatic carbocycles. The summed E-state index contributed by atoms with van der Waals surface area (Å²) in [6.07, 6.45) is 0.